The van der Waals surface area contributed by atoms with Crippen LogP contribution in [0.3, 0.4) is 0 Å². The standard InChI is InChI=1S/C17H24N2O2/c1-4-12(2)16(18-13(3)20)17-19-15(11-21-17)10-14-8-6-5-7-9-14/h5-9,12,15-16H,4,10-11H2,1-3H3,(H,18,20)/t12-,15-,16-/m0/s1. The zero-order chi connectivity index (χ0) is 15.2. The SMILES string of the molecule is CC[C@H](C)[C@H](NC(C)=O)C1=N[C@@H](Cc2ccccc2)CO1. The highest BCUT2D eigenvalue weighted by Crippen LogP contribution is 2.18. The van der Waals surface area contributed by atoms with E-state index in [1.807, 2.05) is 18.2 Å². The minimum absolute atomic E-state index is 0.0434. The van der Waals surface area contributed by atoms with E-state index in [2.05, 4.69) is 36.3 Å². The van der Waals surface area contributed by atoms with Gasteiger partial charge in [-0.05, 0) is 17.9 Å². The second kappa shape index (κ2) is 7.25. The summed E-state index contributed by atoms with van der Waals surface area (Å²) in [6.45, 7) is 6.34. The number of ether oxygens (including phenoxy) is 1. The van der Waals surface area contributed by atoms with Gasteiger partial charge in [-0.2, -0.15) is 0 Å². The molecule has 1 N–H and O–H groups in total. The predicted octanol–water partition coefficient (Wildman–Crippen LogP) is 2.58. The van der Waals surface area contributed by atoms with E-state index in [0.717, 1.165) is 12.8 Å². The molecule has 0 radical (unpaired) electrons. The molecule has 0 saturated carbocycles. The van der Waals surface area contributed by atoms with Gasteiger partial charge in [0.05, 0.1) is 6.04 Å². The maximum Gasteiger partial charge on any atom is 0.217 e. The Bertz CT molecular complexity index is 499. The first kappa shape index (κ1) is 15.5. The molecule has 0 bridgehead atoms. The van der Waals surface area contributed by atoms with Crippen LogP contribution >= 0.6 is 0 Å². The van der Waals surface area contributed by atoms with Gasteiger partial charge in [0.25, 0.3) is 0 Å². The average molecular weight is 288 g/mol. The third kappa shape index (κ3) is 4.31. The Morgan fingerprint density at radius 2 is 2.14 bits per heavy atom. The summed E-state index contributed by atoms with van der Waals surface area (Å²) in [6.07, 6.45) is 1.84. The number of amides is 1. The Morgan fingerprint density at radius 3 is 2.76 bits per heavy atom. The van der Waals surface area contributed by atoms with Crippen LogP contribution in [0.5, 0.6) is 0 Å². The molecule has 1 aromatic rings. The number of nitrogens with one attached hydrogen (secondary N) is 1. The van der Waals surface area contributed by atoms with Crippen LogP contribution in [0.15, 0.2) is 35.3 Å². The number of carbonyl (C=O) groups is 1. The molecular formula is C17H24N2O2. The molecule has 0 aromatic heterocycles. The molecule has 0 saturated heterocycles. The Labute approximate surface area is 126 Å². The molecule has 114 valence electrons. The van der Waals surface area contributed by atoms with E-state index in [0.29, 0.717) is 18.4 Å². The lowest BCUT2D eigenvalue weighted by molar-refractivity contribution is -0.119. The zero-order valence-corrected chi connectivity index (χ0v) is 13.0. The summed E-state index contributed by atoms with van der Waals surface area (Å²) in [7, 11) is 0. The van der Waals surface area contributed by atoms with E-state index in [9.17, 15) is 4.79 Å². The fraction of sp³-hybridized carbons (Fsp3) is 0.529. The molecule has 0 spiro atoms. The number of benzene rings is 1. The molecule has 1 heterocycles. The molecule has 0 unspecified atom stereocenters. The van der Waals surface area contributed by atoms with Crippen molar-refractivity contribution in [2.45, 2.75) is 45.7 Å². The van der Waals surface area contributed by atoms with Gasteiger partial charge < -0.3 is 10.1 Å². The Hall–Kier alpha value is -1.84. The molecule has 1 aliphatic heterocycles. The van der Waals surface area contributed by atoms with Crippen LogP contribution in [0, 0.1) is 5.92 Å². The summed E-state index contributed by atoms with van der Waals surface area (Å²) in [5.74, 6) is 0.946. The normalized spacial score (nSPS) is 20.3. The number of hydrogen-bond donors (Lipinski definition) is 1. The summed E-state index contributed by atoms with van der Waals surface area (Å²) < 4.78 is 5.76. The topological polar surface area (TPSA) is 50.7 Å². The summed E-state index contributed by atoms with van der Waals surface area (Å²) in [6, 6.07) is 10.3. The van der Waals surface area contributed by atoms with Crippen LogP contribution in [0.1, 0.15) is 32.8 Å². The average Bonchev–Trinajstić information content (AvgIpc) is 2.93. The summed E-state index contributed by atoms with van der Waals surface area (Å²) >= 11 is 0. The maximum atomic E-state index is 11.4. The van der Waals surface area contributed by atoms with Crippen molar-refractivity contribution in [3.63, 3.8) is 0 Å². The molecule has 0 aliphatic carbocycles. The first-order chi connectivity index (χ1) is 10.1. The first-order valence-electron chi connectivity index (χ1n) is 7.61. The van der Waals surface area contributed by atoms with Gasteiger partial charge in [-0.1, -0.05) is 50.6 Å². The molecule has 0 fully saturated rings. The second-order valence-corrected chi connectivity index (χ2v) is 5.69. The molecule has 1 aromatic carbocycles. The number of hydrogen-bond acceptors (Lipinski definition) is 3. The highest BCUT2D eigenvalue weighted by atomic mass is 16.5. The third-order valence-electron chi connectivity index (χ3n) is 3.89. The highest BCUT2D eigenvalue weighted by molar-refractivity contribution is 5.88. The second-order valence-electron chi connectivity index (χ2n) is 5.69. The van der Waals surface area contributed by atoms with Crippen LogP contribution in [-0.4, -0.2) is 30.5 Å². The van der Waals surface area contributed by atoms with E-state index in [-0.39, 0.29) is 18.0 Å². The Kier molecular flexibility index (Phi) is 5.37. The van der Waals surface area contributed by atoms with Crippen molar-refractivity contribution in [2.24, 2.45) is 10.9 Å². The largest absolute Gasteiger partial charge is 0.477 e. The van der Waals surface area contributed by atoms with Crippen LogP contribution in [0.4, 0.5) is 0 Å². The highest BCUT2D eigenvalue weighted by Gasteiger charge is 2.29. The van der Waals surface area contributed by atoms with Crippen LogP contribution in [-0.2, 0) is 16.0 Å². The first-order valence-corrected chi connectivity index (χ1v) is 7.61. The number of nitrogens with zero attached hydrogens (tertiary/aromatic N) is 1. The van der Waals surface area contributed by atoms with E-state index >= 15 is 0 Å². The van der Waals surface area contributed by atoms with Gasteiger partial charge in [-0.3, -0.25) is 4.79 Å². The smallest absolute Gasteiger partial charge is 0.217 e. The fourth-order valence-electron chi connectivity index (χ4n) is 2.50. The number of aliphatic imine (C=N–C) groups is 1. The molecule has 1 amide bonds. The van der Waals surface area contributed by atoms with Gasteiger partial charge in [-0.25, -0.2) is 4.99 Å². The van der Waals surface area contributed by atoms with Gasteiger partial charge in [-0.15, -0.1) is 0 Å². The lowest BCUT2D eigenvalue weighted by Crippen LogP contribution is -2.44. The fourth-order valence-corrected chi connectivity index (χ4v) is 2.50. The maximum absolute atomic E-state index is 11.4. The molecule has 4 nitrogen and oxygen atoms in total. The lowest BCUT2D eigenvalue weighted by Gasteiger charge is -2.22. The van der Waals surface area contributed by atoms with Gasteiger partial charge in [0.15, 0.2) is 0 Å². The van der Waals surface area contributed by atoms with Gasteiger partial charge in [0.1, 0.15) is 12.6 Å². The minimum Gasteiger partial charge on any atom is -0.477 e. The number of carbonyl (C=O) groups excluding carboxylic acids is 1. The minimum atomic E-state index is -0.117. The monoisotopic (exact) mass is 288 g/mol. The van der Waals surface area contributed by atoms with E-state index < -0.39 is 0 Å². The quantitative estimate of drug-likeness (QED) is 0.874. The summed E-state index contributed by atoms with van der Waals surface area (Å²) in [5.41, 5.74) is 1.26. The van der Waals surface area contributed by atoms with E-state index in [1.54, 1.807) is 0 Å². The lowest BCUT2D eigenvalue weighted by atomic mass is 9.99. The molecule has 21 heavy (non-hydrogen) atoms. The van der Waals surface area contributed by atoms with Crippen molar-refractivity contribution in [3.8, 4) is 0 Å². The molecule has 3 atom stereocenters. The Morgan fingerprint density at radius 1 is 1.43 bits per heavy atom. The Balaban J connectivity index is 2.05. The van der Waals surface area contributed by atoms with Crippen molar-refractivity contribution in [1.29, 1.82) is 0 Å². The van der Waals surface area contributed by atoms with Crippen LogP contribution in [0.25, 0.3) is 0 Å². The van der Waals surface area contributed by atoms with E-state index in [4.69, 9.17) is 4.74 Å². The van der Waals surface area contributed by atoms with Gasteiger partial charge >= 0.3 is 0 Å². The van der Waals surface area contributed by atoms with Gasteiger partial charge in [0.2, 0.25) is 11.8 Å². The van der Waals surface area contributed by atoms with E-state index in [1.165, 1.54) is 12.5 Å². The molecular weight excluding hydrogens is 264 g/mol. The van der Waals surface area contributed by atoms with Gasteiger partial charge in [0, 0.05) is 6.92 Å². The van der Waals surface area contributed by atoms with Crippen molar-refractivity contribution in [3.05, 3.63) is 35.9 Å². The molecule has 4 heteroatoms. The summed E-state index contributed by atoms with van der Waals surface area (Å²) in [5, 5.41) is 2.96. The summed E-state index contributed by atoms with van der Waals surface area (Å²) in [4.78, 5) is 16.1. The van der Waals surface area contributed by atoms with Crippen molar-refractivity contribution < 1.29 is 9.53 Å². The van der Waals surface area contributed by atoms with Crippen LogP contribution in [0.2, 0.25) is 0 Å². The number of rotatable bonds is 6. The predicted molar refractivity (Wildman–Crippen MR) is 84.4 cm³/mol. The van der Waals surface area contributed by atoms with Crippen molar-refractivity contribution >= 4 is 11.8 Å². The zero-order valence-electron chi connectivity index (χ0n) is 13.0. The van der Waals surface area contributed by atoms with Crippen molar-refractivity contribution in [1.82, 2.24) is 5.32 Å². The molecule has 2 rings (SSSR count). The van der Waals surface area contributed by atoms with Crippen molar-refractivity contribution in [2.75, 3.05) is 6.61 Å². The third-order valence-corrected chi connectivity index (χ3v) is 3.89. The van der Waals surface area contributed by atoms with Crippen LogP contribution < -0.4 is 5.32 Å². The molecule has 1 aliphatic rings.